The molecule has 0 unspecified atom stereocenters. The fraction of sp³-hybridized carbons (Fsp3) is 0.300. The van der Waals surface area contributed by atoms with Crippen molar-refractivity contribution in [2.45, 2.75) is 11.8 Å². The maximum atomic E-state index is 13.5. The van der Waals surface area contributed by atoms with Gasteiger partial charge in [-0.3, -0.25) is 9.69 Å². The van der Waals surface area contributed by atoms with Crippen molar-refractivity contribution < 1.29 is 9.18 Å². The minimum atomic E-state index is -0.298. The molecule has 4 nitrogen and oxygen atoms in total. The van der Waals surface area contributed by atoms with E-state index in [9.17, 15) is 9.18 Å². The lowest BCUT2D eigenvalue weighted by Crippen LogP contribution is -2.36. The van der Waals surface area contributed by atoms with E-state index in [1.54, 1.807) is 22.7 Å². The van der Waals surface area contributed by atoms with Crippen molar-refractivity contribution in [1.29, 1.82) is 0 Å². The summed E-state index contributed by atoms with van der Waals surface area (Å²) >= 11 is 3.08. The molecule has 0 saturated carbocycles. The summed E-state index contributed by atoms with van der Waals surface area (Å²) in [4.78, 5) is 22.6. The average Bonchev–Trinajstić information content (AvgIpc) is 3.05. The van der Waals surface area contributed by atoms with Crippen LogP contribution in [-0.4, -0.2) is 48.7 Å². The quantitative estimate of drug-likeness (QED) is 0.533. The Morgan fingerprint density at radius 3 is 2.56 bits per heavy atom. The average molecular weight is 404 g/mol. The first-order valence-corrected chi connectivity index (χ1v) is 10.5. The van der Waals surface area contributed by atoms with Crippen LogP contribution in [0.25, 0.3) is 10.2 Å². The van der Waals surface area contributed by atoms with Crippen LogP contribution in [0.3, 0.4) is 0 Å². The van der Waals surface area contributed by atoms with Crippen molar-refractivity contribution in [3.8, 4) is 0 Å². The lowest BCUT2D eigenvalue weighted by molar-refractivity contribution is 0.0985. The highest BCUT2D eigenvalue weighted by Gasteiger charge is 2.21. The summed E-state index contributed by atoms with van der Waals surface area (Å²) in [5.41, 5.74) is 1.33. The Balaban J connectivity index is 1.92. The van der Waals surface area contributed by atoms with Crippen LogP contribution in [0, 0.1) is 5.82 Å². The van der Waals surface area contributed by atoms with E-state index in [1.807, 2.05) is 43.3 Å². The van der Waals surface area contributed by atoms with Gasteiger partial charge < -0.3 is 4.90 Å². The van der Waals surface area contributed by atoms with E-state index >= 15 is 0 Å². The summed E-state index contributed by atoms with van der Waals surface area (Å²) in [6, 6.07) is 12.2. The van der Waals surface area contributed by atoms with Crippen molar-refractivity contribution in [3.63, 3.8) is 0 Å². The smallest absolute Gasteiger partial charge is 0.260 e. The molecule has 142 valence electrons. The Bertz CT molecular complexity index is 925. The zero-order valence-corrected chi connectivity index (χ0v) is 17.2. The first kappa shape index (κ1) is 19.8. The molecule has 7 heteroatoms. The standard InChI is InChI=1S/C20H22FN3OS2/c1-4-26-16-8-5-14(6-9-16)19(25)24(12-11-23(2)3)20-22-17-10-7-15(21)13-18(17)27-20/h5-10,13H,4,11-12H2,1-3H3. The normalized spacial score (nSPS) is 11.3. The van der Waals surface area contributed by atoms with Gasteiger partial charge in [-0.15, -0.1) is 11.8 Å². The number of thiazole rings is 1. The van der Waals surface area contributed by atoms with Gasteiger partial charge in [-0.2, -0.15) is 0 Å². The molecule has 0 aliphatic carbocycles. The largest absolute Gasteiger partial charge is 0.308 e. The fourth-order valence-electron chi connectivity index (χ4n) is 2.60. The van der Waals surface area contributed by atoms with Gasteiger partial charge in [0.2, 0.25) is 0 Å². The van der Waals surface area contributed by atoms with E-state index in [4.69, 9.17) is 0 Å². The number of carbonyl (C=O) groups excluding carboxylic acids is 1. The Morgan fingerprint density at radius 2 is 1.89 bits per heavy atom. The first-order chi connectivity index (χ1) is 13.0. The number of anilines is 1. The molecule has 0 atom stereocenters. The predicted octanol–water partition coefficient (Wildman–Crippen LogP) is 4.76. The van der Waals surface area contributed by atoms with E-state index in [1.165, 1.54) is 23.5 Å². The predicted molar refractivity (Wildman–Crippen MR) is 113 cm³/mol. The van der Waals surface area contributed by atoms with Gasteiger partial charge in [0, 0.05) is 23.5 Å². The summed E-state index contributed by atoms with van der Waals surface area (Å²) in [7, 11) is 3.93. The van der Waals surface area contributed by atoms with E-state index in [0.717, 1.165) is 15.3 Å². The second-order valence-electron chi connectivity index (χ2n) is 6.33. The third-order valence-corrected chi connectivity index (χ3v) is 5.93. The van der Waals surface area contributed by atoms with Crippen molar-refractivity contribution in [1.82, 2.24) is 9.88 Å². The summed E-state index contributed by atoms with van der Waals surface area (Å²) < 4.78 is 14.3. The molecular weight excluding hydrogens is 381 g/mol. The highest BCUT2D eigenvalue weighted by Crippen LogP contribution is 2.30. The number of halogens is 1. The van der Waals surface area contributed by atoms with Gasteiger partial charge in [-0.05, 0) is 62.3 Å². The molecule has 1 heterocycles. The van der Waals surface area contributed by atoms with Crippen LogP contribution in [0.4, 0.5) is 9.52 Å². The minimum absolute atomic E-state index is 0.0931. The second-order valence-corrected chi connectivity index (χ2v) is 8.67. The van der Waals surface area contributed by atoms with Gasteiger partial charge in [0.05, 0.1) is 10.2 Å². The topological polar surface area (TPSA) is 36.4 Å². The molecule has 0 fully saturated rings. The number of likely N-dealkylation sites (N-methyl/N-ethyl adjacent to an activating group) is 1. The molecule has 0 saturated heterocycles. The number of thioether (sulfide) groups is 1. The second kappa shape index (κ2) is 8.82. The SMILES string of the molecule is CCSc1ccc(C(=O)N(CCN(C)C)c2nc3ccc(F)cc3s2)cc1. The fourth-order valence-corrected chi connectivity index (χ4v) is 4.28. The maximum absolute atomic E-state index is 13.5. The van der Waals surface area contributed by atoms with Crippen LogP contribution < -0.4 is 4.90 Å². The Hall–Kier alpha value is -1.96. The summed E-state index contributed by atoms with van der Waals surface area (Å²) in [5, 5.41) is 0.592. The van der Waals surface area contributed by atoms with Crippen molar-refractivity contribution in [2.75, 3.05) is 37.8 Å². The maximum Gasteiger partial charge on any atom is 0.260 e. The van der Waals surface area contributed by atoms with Gasteiger partial charge in [-0.1, -0.05) is 18.3 Å². The summed E-state index contributed by atoms with van der Waals surface area (Å²) in [6.45, 7) is 3.32. The molecule has 3 aromatic rings. The number of hydrogen-bond donors (Lipinski definition) is 0. The molecule has 0 radical (unpaired) electrons. The number of nitrogens with zero attached hydrogens (tertiary/aromatic N) is 3. The lowest BCUT2D eigenvalue weighted by atomic mass is 10.2. The van der Waals surface area contributed by atoms with Crippen LogP contribution in [0.5, 0.6) is 0 Å². The third-order valence-electron chi connectivity index (χ3n) is 4.00. The summed E-state index contributed by atoms with van der Waals surface area (Å²) in [5.74, 6) is 0.599. The van der Waals surface area contributed by atoms with Gasteiger partial charge in [0.15, 0.2) is 5.13 Å². The third kappa shape index (κ3) is 4.86. The molecule has 0 aliphatic rings. The molecule has 0 N–H and O–H groups in total. The van der Waals surface area contributed by atoms with Crippen LogP contribution in [-0.2, 0) is 0 Å². The van der Waals surface area contributed by atoms with Gasteiger partial charge >= 0.3 is 0 Å². The van der Waals surface area contributed by atoms with E-state index < -0.39 is 0 Å². The highest BCUT2D eigenvalue weighted by molar-refractivity contribution is 7.99. The monoisotopic (exact) mass is 403 g/mol. The zero-order valence-electron chi connectivity index (χ0n) is 15.6. The molecular formula is C20H22FN3OS2. The van der Waals surface area contributed by atoms with Crippen LogP contribution in [0.1, 0.15) is 17.3 Å². The van der Waals surface area contributed by atoms with E-state index in [-0.39, 0.29) is 11.7 Å². The minimum Gasteiger partial charge on any atom is -0.308 e. The molecule has 0 spiro atoms. The number of fused-ring (bicyclic) bond motifs is 1. The van der Waals surface area contributed by atoms with Crippen molar-refractivity contribution in [2.24, 2.45) is 0 Å². The van der Waals surface area contributed by atoms with Gasteiger partial charge in [0.1, 0.15) is 5.82 Å². The number of aromatic nitrogens is 1. The Labute approximate surface area is 167 Å². The van der Waals surface area contributed by atoms with E-state index in [0.29, 0.717) is 29.3 Å². The number of amides is 1. The van der Waals surface area contributed by atoms with Crippen LogP contribution >= 0.6 is 23.1 Å². The molecule has 27 heavy (non-hydrogen) atoms. The molecule has 0 bridgehead atoms. The molecule has 2 aromatic carbocycles. The highest BCUT2D eigenvalue weighted by atomic mass is 32.2. The van der Waals surface area contributed by atoms with Crippen molar-refractivity contribution >= 4 is 44.4 Å². The van der Waals surface area contributed by atoms with Gasteiger partial charge in [-0.25, -0.2) is 9.37 Å². The number of benzene rings is 2. The van der Waals surface area contributed by atoms with E-state index in [2.05, 4.69) is 11.9 Å². The van der Waals surface area contributed by atoms with Crippen LogP contribution in [0.2, 0.25) is 0 Å². The van der Waals surface area contributed by atoms with Crippen molar-refractivity contribution in [3.05, 3.63) is 53.8 Å². The molecule has 1 aromatic heterocycles. The lowest BCUT2D eigenvalue weighted by Gasteiger charge is -2.22. The molecule has 0 aliphatic heterocycles. The molecule has 1 amide bonds. The number of rotatable bonds is 7. The van der Waals surface area contributed by atoms with Crippen LogP contribution in [0.15, 0.2) is 47.4 Å². The Kier molecular flexibility index (Phi) is 6.46. The zero-order chi connectivity index (χ0) is 19.4. The van der Waals surface area contributed by atoms with Gasteiger partial charge in [0.25, 0.3) is 5.91 Å². The summed E-state index contributed by atoms with van der Waals surface area (Å²) in [6.07, 6.45) is 0. The number of hydrogen-bond acceptors (Lipinski definition) is 5. The first-order valence-electron chi connectivity index (χ1n) is 8.73. The molecule has 3 rings (SSSR count). The Morgan fingerprint density at radius 1 is 1.15 bits per heavy atom. The number of carbonyl (C=O) groups is 1.